The third-order valence-corrected chi connectivity index (χ3v) is 3.30. The molecule has 1 aromatic carbocycles. The predicted molar refractivity (Wildman–Crippen MR) is 69.2 cm³/mol. The predicted octanol–water partition coefficient (Wildman–Crippen LogP) is 1.72. The molecule has 1 aliphatic heterocycles. The van der Waals surface area contributed by atoms with Crippen LogP contribution in [0.3, 0.4) is 0 Å². The van der Waals surface area contributed by atoms with Crippen LogP contribution in [0.4, 0.5) is 5.69 Å². The molecule has 1 amide bonds. The van der Waals surface area contributed by atoms with Gasteiger partial charge >= 0.3 is 5.97 Å². The third-order valence-electron chi connectivity index (χ3n) is 3.30. The average Bonchev–Trinajstić information content (AvgIpc) is 2.80. The Hall–Kier alpha value is -2.17. The van der Waals surface area contributed by atoms with Crippen LogP contribution in [0.1, 0.15) is 30.1 Å². The monoisotopic (exact) mass is 261 g/mol. The summed E-state index contributed by atoms with van der Waals surface area (Å²) in [5.41, 5.74) is 1.24. The van der Waals surface area contributed by atoms with Crippen LogP contribution in [0.2, 0.25) is 0 Å². The average molecular weight is 261 g/mol. The maximum absolute atomic E-state index is 11.8. The van der Waals surface area contributed by atoms with Crippen LogP contribution >= 0.6 is 0 Å². The van der Waals surface area contributed by atoms with Gasteiger partial charge < -0.3 is 10.0 Å². The zero-order valence-corrected chi connectivity index (χ0v) is 10.6. The summed E-state index contributed by atoms with van der Waals surface area (Å²) in [4.78, 5) is 35.6. The molecule has 5 nitrogen and oxygen atoms in total. The fourth-order valence-electron chi connectivity index (χ4n) is 2.15. The number of ketones is 1. The van der Waals surface area contributed by atoms with Crippen LogP contribution in [0.5, 0.6) is 0 Å². The van der Waals surface area contributed by atoms with E-state index in [0.717, 1.165) is 0 Å². The Kier molecular flexibility index (Phi) is 3.64. The van der Waals surface area contributed by atoms with E-state index in [2.05, 4.69) is 0 Å². The summed E-state index contributed by atoms with van der Waals surface area (Å²) in [6.07, 6.45) is 0.466. The summed E-state index contributed by atoms with van der Waals surface area (Å²) in [7, 11) is 0. The van der Waals surface area contributed by atoms with Gasteiger partial charge in [-0.3, -0.25) is 14.4 Å². The van der Waals surface area contributed by atoms with Crippen LogP contribution in [-0.4, -0.2) is 29.3 Å². The van der Waals surface area contributed by atoms with Crippen molar-refractivity contribution in [3.8, 4) is 0 Å². The molecule has 5 heteroatoms. The number of rotatable bonds is 4. The lowest BCUT2D eigenvalue weighted by molar-refractivity contribution is -0.141. The molecule has 1 fully saturated rings. The lowest BCUT2D eigenvalue weighted by Gasteiger charge is -2.16. The van der Waals surface area contributed by atoms with Crippen LogP contribution in [0.25, 0.3) is 0 Å². The second kappa shape index (κ2) is 5.22. The summed E-state index contributed by atoms with van der Waals surface area (Å²) in [5, 5.41) is 8.92. The molecule has 1 atom stereocenters. The van der Waals surface area contributed by atoms with Gasteiger partial charge in [0.15, 0.2) is 5.78 Å². The fourth-order valence-corrected chi connectivity index (χ4v) is 2.15. The number of carbonyl (C=O) groups is 3. The molecular weight excluding hydrogens is 246 g/mol. The first-order valence-corrected chi connectivity index (χ1v) is 6.19. The summed E-state index contributed by atoms with van der Waals surface area (Å²) >= 11 is 0. The molecule has 100 valence electrons. The Balaban J connectivity index is 2.17. The molecule has 0 spiro atoms. The number of Topliss-reactive ketones (excluding diaryl/α,β-unsaturated/α-hetero) is 1. The first-order chi connectivity index (χ1) is 9.02. The van der Waals surface area contributed by atoms with E-state index in [1.807, 2.05) is 0 Å². The highest BCUT2D eigenvalue weighted by atomic mass is 16.4. The molecule has 1 saturated heterocycles. The molecule has 0 aromatic heterocycles. The molecular formula is C14H15NO4. The van der Waals surface area contributed by atoms with E-state index in [1.165, 1.54) is 4.90 Å². The minimum Gasteiger partial charge on any atom is -0.481 e. The van der Waals surface area contributed by atoms with Crippen molar-refractivity contribution >= 4 is 23.3 Å². The summed E-state index contributed by atoms with van der Waals surface area (Å²) in [6.45, 7) is 1.98. The highest BCUT2D eigenvalue weighted by molar-refractivity contribution is 6.00. The Morgan fingerprint density at radius 2 is 1.95 bits per heavy atom. The second-order valence-corrected chi connectivity index (χ2v) is 4.57. The largest absolute Gasteiger partial charge is 0.481 e. The van der Waals surface area contributed by atoms with Gasteiger partial charge in [-0.1, -0.05) is 6.92 Å². The van der Waals surface area contributed by atoms with Crippen molar-refractivity contribution in [2.45, 2.75) is 19.8 Å². The number of aliphatic carboxylic acids is 1. The van der Waals surface area contributed by atoms with Crippen LogP contribution in [0, 0.1) is 5.92 Å². The molecule has 1 heterocycles. The molecule has 2 rings (SSSR count). The van der Waals surface area contributed by atoms with Crippen LogP contribution < -0.4 is 4.90 Å². The van der Waals surface area contributed by atoms with E-state index in [-0.39, 0.29) is 24.7 Å². The molecule has 0 bridgehead atoms. The standard InChI is InChI=1S/C14H15NO4/c1-2-12(16)9-3-5-11(6-4-9)15-8-10(14(18)19)7-13(15)17/h3-6,10H,2,7-8H2,1H3,(H,18,19). The molecule has 0 saturated carbocycles. The zero-order valence-electron chi connectivity index (χ0n) is 10.6. The number of hydrogen-bond acceptors (Lipinski definition) is 3. The first kappa shape index (κ1) is 13.3. The van der Waals surface area contributed by atoms with Gasteiger partial charge in [0.2, 0.25) is 5.91 Å². The quantitative estimate of drug-likeness (QED) is 0.837. The van der Waals surface area contributed by atoms with Gasteiger partial charge in [-0.2, -0.15) is 0 Å². The lowest BCUT2D eigenvalue weighted by Crippen LogP contribution is -2.25. The summed E-state index contributed by atoms with van der Waals surface area (Å²) in [6, 6.07) is 6.71. The van der Waals surface area contributed by atoms with E-state index in [1.54, 1.807) is 31.2 Å². The first-order valence-electron chi connectivity index (χ1n) is 6.19. The Morgan fingerprint density at radius 1 is 1.32 bits per heavy atom. The number of anilines is 1. The van der Waals surface area contributed by atoms with E-state index < -0.39 is 11.9 Å². The van der Waals surface area contributed by atoms with Gasteiger partial charge in [0.1, 0.15) is 0 Å². The van der Waals surface area contributed by atoms with Gasteiger partial charge in [0.05, 0.1) is 5.92 Å². The molecule has 1 aromatic rings. The number of carbonyl (C=O) groups excluding carboxylic acids is 2. The van der Waals surface area contributed by atoms with Gasteiger partial charge in [0.25, 0.3) is 0 Å². The Morgan fingerprint density at radius 3 is 2.42 bits per heavy atom. The molecule has 0 radical (unpaired) electrons. The fraction of sp³-hybridized carbons (Fsp3) is 0.357. The number of hydrogen-bond donors (Lipinski definition) is 1. The van der Waals surface area contributed by atoms with Gasteiger partial charge in [0, 0.05) is 30.6 Å². The normalized spacial score (nSPS) is 18.7. The Labute approximate surface area is 110 Å². The van der Waals surface area contributed by atoms with Crippen molar-refractivity contribution < 1.29 is 19.5 Å². The number of benzene rings is 1. The van der Waals surface area contributed by atoms with Crippen LogP contribution in [-0.2, 0) is 9.59 Å². The smallest absolute Gasteiger partial charge is 0.308 e. The SMILES string of the molecule is CCC(=O)c1ccc(N2CC(C(=O)O)CC2=O)cc1. The lowest BCUT2D eigenvalue weighted by atomic mass is 10.1. The number of carboxylic acid groups (broad SMARTS) is 1. The maximum Gasteiger partial charge on any atom is 0.308 e. The third kappa shape index (κ3) is 2.65. The van der Waals surface area contributed by atoms with Crippen molar-refractivity contribution in [1.82, 2.24) is 0 Å². The van der Waals surface area contributed by atoms with E-state index in [4.69, 9.17) is 5.11 Å². The van der Waals surface area contributed by atoms with Crippen molar-refractivity contribution in [3.05, 3.63) is 29.8 Å². The number of carboxylic acids is 1. The van der Waals surface area contributed by atoms with Crippen molar-refractivity contribution in [1.29, 1.82) is 0 Å². The van der Waals surface area contributed by atoms with Gasteiger partial charge in [-0.15, -0.1) is 0 Å². The Bertz CT molecular complexity index is 521. The number of amides is 1. The van der Waals surface area contributed by atoms with E-state index in [0.29, 0.717) is 17.7 Å². The highest BCUT2D eigenvalue weighted by Crippen LogP contribution is 2.25. The zero-order chi connectivity index (χ0) is 14.0. The van der Waals surface area contributed by atoms with Gasteiger partial charge in [-0.05, 0) is 24.3 Å². The minimum absolute atomic E-state index is 0.0327. The minimum atomic E-state index is -0.950. The van der Waals surface area contributed by atoms with E-state index in [9.17, 15) is 14.4 Å². The topological polar surface area (TPSA) is 74.7 Å². The van der Waals surface area contributed by atoms with Crippen molar-refractivity contribution in [2.75, 3.05) is 11.4 Å². The van der Waals surface area contributed by atoms with Gasteiger partial charge in [-0.25, -0.2) is 0 Å². The molecule has 1 aliphatic rings. The molecule has 0 aliphatic carbocycles. The molecule has 1 unspecified atom stereocenters. The van der Waals surface area contributed by atoms with Crippen molar-refractivity contribution in [2.24, 2.45) is 5.92 Å². The van der Waals surface area contributed by atoms with Crippen molar-refractivity contribution in [3.63, 3.8) is 0 Å². The van der Waals surface area contributed by atoms with Crippen LogP contribution in [0.15, 0.2) is 24.3 Å². The molecule has 1 N–H and O–H groups in total. The summed E-state index contributed by atoms with van der Waals surface area (Å²) < 4.78 is 0. The van der Waals surface area contributed by atoms with E-state index >= 15 is 0 Å². The second-order valence-electron chi connectivity index (χ2n) is 4.57. The molecule has 19 heavy (non-hydrogen) atoms. The summed E-state index contributed by atoms with van der Waals surface area (Å²) in [5.74, 6) is -1.75. The highest BCUT2D eigenvalue weighted by Gasteiger charge is 2.34. The number of nitrogens with zero attached hydrogens (tertiary/aromatic N) is 1. The maximum atomic E-state index is 11.8.